The van der Waals surface area contributed by atoms with Gasteiger partial charge < -0.3 is 4.52 Å². The zero-order valence-corrected chi connectivity index (χ0v) is 11.3. The van der Waals surface area contributed by atoms with Crippen LogP contribution in [0.1, 0.15) is 29.8 Å². The average molecular weight is 268 g/mol. The van der Waals surface area contributed by atoms with Crippen molar-refractivity contribution >= 4 is 11.6 Å². The second-order valence-corrected chi connectivity index (χ2v) is 4.46. The van der Waals surface area contributed by atoms with E-state index < -0.39 is 0 Å². The van der Waals surface area contributed by atoms with E-state index in [-0.39, 0.29) is 10.7 Å². The predicted molar refractivity (Wildman–Crippen MR) is 68.0 cm³/mol. The van der Waals surface area contributed by atoms with Crippen LogP contribution in [-0.4, -0.2) is 14.7 Å². The minimum atomic E-state index is -0.160. The van der Waals surface area contributed by atoms with Gasteiger partial charge >= 0.3 is 0 Å². The molecule has 0 fully saturated rings. The zero-order valence-electron chi connectivity index (χ0n) is 10.5. The van der Waals surface area contributed by atoms with E-state index in [9.17, 15) is 4.79 Å². The van der Waals surface area contributed by atoms with Gasteiger partial charge in [0, 0.05) is 18.1 Å². The monoisotopic (exact) mass is 267 g/mol. The molecule has 0 aliphatic rings. The van der Waals surface area contributed by atoms with Gasteiger partial charge in [-0.25, -0.2) is 4.98 Å². The number of aryl methyl sites for hydroxylation is 3. The lowest BCUT2D eigenvalue weighted by molar-refractivity contribution is 0.392. The van der Waals surface area contributed by atoms with Crippen molar-refractivity contribution in [1.82, 2.24) is 14.7 Å². The van der Waals surface area contributed by atoms with Crippen LogP contribution in [0.25, 0.3) is 0 Å². The Balaban J connectivity index is 2.50. The lowest BCUT2D eigenvalue weighted by Crippen LogP contribution is -2.25. The fourth-order valence-electron chi connectivity index (χ4n) is 1.85. The van der Waals surface area contributed by atoms with E-state index in [1.807, 2.05) is 20.8 Å². The van der Waals surface area contributed by atoms with Crippen molar-refractivity contribution in [2.24, 2.45) is 0 Å². The number of halogens is 1. The Morgan fingerprint density at radius 2 is 2.17 bits per heavy atom. The fourth-order valence-corrected chi connectivity index (χ4v) is 2.04. The van der Waals surface area contributed by atoms with Gasteiger partial charge in [0.25, 0.3) is 5.56 Å². The SMILES string of the molecule is CCc1nc(Cl)cc(=O)n1Cc1c(C)noc1C. The molecule has 0 spiro atoms. The van der Waals surface area contributed by atoms with Crippen molar-refractivity contribution in [3.63, 3.8) is 0 Å². The van der Waals surface area contributed by atoms with Gasteiger partial charge in [-0.3, -0.25) is 9.36 Å². The van der Waals surface area contributed by atoms with Crippen LogP contribution in [0, 0.1) is 13.8 Å². The third kappa shape index (κ3) is 2.31. The highest BCUT2D eigenvalue weighted by Gasteiger charge is 2.13. The Bertz CT molecular complexity index is 611. The summed E-state index contributed by atoms with van der Waals surface area (Å²) in [5.74, 6) is 1.38. The van der Waals surface area contributed by atoms with E-state index in [1.165, 1.54) is 6.07 Å². The number of nitrogens with zero attached hydrogens (tertiary/aromatic N) is 3. The summed E-state index contributed by atoms with van der Waals surface area (Å²) in [6.45, 7) is 6.02. The van der Waals surface area contributed by atoms with Gasteiger partial charge in [-0.1, -0.05) is 23.7 Å². The molecule has 0 amide bonds. The first-order chi connectivity index (χ1) is 8.52. The molecule has 0 aliphatic carbocycles. The second kappa shape index (κ2) is 4.94. The molecule has 0 N–H and O–H groups in total. The van der Waals surface area contributed by atoms with Crippen LogP contribution in [0.5, 0.6) is 0 Å². The van der Waals surface area contributed by atoms with E-state index >= 15 is 0 Å². The van der Waals surface area contributed by atoms with Crippen molar-refractivity contribution < 1.29 is 4.52 Å². The summed E-state index contributed by atoms with van der Waals surface area (Å²) < 4.78 is 6.69. The molecule has 6 heteroatoms. The first-order valence-corrected chi connectivity index (χ1v) is 6.08. The highest BCUT2D eigenvalue weighted by Crippen LogP contribution is 2.14. The summed E-state index contributed by atoms with van der Waals surface area (Å²) in [4.78, 5) is 16.1. The molecular weight excluding hydrogens is 254 g/mol. The quantitative estimate of drug-likeness (QED) is 0.799. The van der Waals surface area contributed by atoms with Crippen LogP contribution >= 0.6 is 11.6 Å². The van der Waals surface area contributed by atoms with E-state index in [2.05, 4.69) is 10.1 Å². The third-order valence-corrected chi connectivity index (χ3v) is 3.06. The van der Waals surface area contributed by atoms with Gasteiger partial charge in [0.05, 0.1) is 12.2 Å². The molecule has 0 saturated carbocycles. The molecule has 0 aliphatic heterocycles. The molecule has 0 saturated heterocycles. The molecule has 0 radical (unpaired) electrons. The Kier molecular flexibility index (Phi) is 3.52. The van der Waals surface area contributed by atoms with Gasteiger partial charge in [-0.2, -0.15) is 0 Å². The Labute approximate surface area is 109 Å². The molecule has 96 valence electrons. The van der Waals surface area contributed by atoms with E-state index in [0.29, 0.717) is 18.8 Å². The van der Waals surface area contributed by atoms with Crippen LogP contribution in [-0.2, 0) is 13.0 Å². The first-order valence-electron chi connectivity index (χ1n) is 5.71. The smallest absolute Gasteiger partial charge is 0.255 e. The molecule has 0 atom stereocenters. The van der Waals surface area contributed by atoms with Gasteiger partial charge in [-0.05, 0) is 13.8 Å². The summed E-state index contributed by atoms with van der Waals surface area (Å²) in [6, 6.07) is 1.32. The summed E-state index contributed by atoms with van der Waals surface area (Å²) in [5, 5.41) is 4.11. The minimum absolute atomic E-state index is 0.160. The lowest BCUT2D eigenvalue weighted by Gasteiger charge is -2.10. The van der Waals surface area contributed by atoms with Crippen molar-refractivity contribution in [1.29, 1.82) is 0 Å². The van der Waals surface area contributed by atoms with Crippen LogP contribution < -0.4 is 5.56 Å². The maximum absolute atomic E-state index is 12.0. The second-order valence-electron chi connectivity index (χ2n) is 4.08. The topological polar surface area (TPSA) is 60.9 Å². The molecule has 5 nitrogen and oxygen atoms in total. The van der Waals surface area contributed by atoms with E-state index in [0.717, 1.165) is 17.0 Å². The summed E-state index contributed by atoms with van der Waals surface area (Å²) in [6.07, 6.45) is 0.638. The number of aromatic nitrogens is 3. The molecule has 0 unspecified atom stereocenters. The molecule has 18 heavy (non-hydrogen) atoms. The summed E-state index contributed by atoms with van der Waals surface area (Å²) in [5.41, 5.74) is 1.54. The molecule has 2 aromatic rings. The van der Waals surface area contributed by atoms with Crippen molar-refractivity contribution in [3.8, 4) is 0 Å². The van der Waals surface area contributed by atoms with E-state index in [4.69, 9.17) is 16.1 Å². The molecule has 0 bridgehead atoms. The van der Waals surface area contributed by atoms with Crippen LogP contribution in [0.3, 0.4) is 0 Å². The van der Waals surface area contributed by atoms with Crippen LogP contribution in [0.4, 0.5) is 0 Å². The van der Waals surface area contributed by atoms with Crippen molar-refractivity contribution in [2.75, 3.05) is 0 Å². The summed E-state index contributed by atoms with van der Waals surface area (Å²) in [7, 11) is 0. The largest absolute Gasteiger partial charge is 0.361 e. The molecule has 0 aromatic carbocycles. The van der Waals surface area contributed by atoms with Crippen molar-refractivity contribution in [2.45, 2.75) is 33.7 Å². The zero-order chi connectivity index (χ0) is 13.3. The first kappa shape index (κ1) is 12.8. The van der Waals surface area contributed by atoms with Gasteiger partial charge in [0.1, 0.15) is 16.7 Å². The lowest BCUT2D eigenvalue weighted by atomic mass is 10.2. The highest BCUT2D eigenvalue weighted by molar-refractivity contribution is 6.29. The maximum atomic E-state index is 12.0. The van der Waals surface area contributed by atoms with Gasteiger partial charge in [0.2, 0.25) is 0 Å². The Hall–Kier alpha value is -1.62. The van der Waals surface area contributed by atoms with Crippen LogP contribution in [0.2, 0.25) is 5.15 Å². The average Bonchev–Trinajstić information content (AvgIpc) is 2.63. The maximum Gasteiger partial charge on any atom is 0.255 e. The minimum Gasteiger partial charge on any atom is -0.361 e. The third-order valence-electron chi connectivity index (χ3n) is 2.87. The predicted octanol–water partition coefficient (Wildman–Crippen LogP) is 2.11. The summed E-state index contributed by atoms with van der Waals surface area (Å²) >= 11 is 5.79. The van der Waals surface area contributed by atoms with Crippen molar-refractivity contribution in [3.05, 3.63) is 44.4 Å². The standard InChI is InChI=1S/C12H14ClN3O2/c1-4-11-14-10(13)5-12(17)16(11)6-9-7(2)15-18-8(9)3/h5H,4,6H2,1-3H3. The van der Waals surface area contributed by atoms with Crippen LogP contribution in [0.15, 0.2) is 15.4 Å². The fraction of sp³-hybridized carbons (Fsp3) is 0.417. The number of hydrogen-bond donors (Lipinski definition) is 0. The van der Waals surface area contributed by atoms with Gasteiger partial charge in [-0.15, -0.1) is 0 Å². The molecule has 2 rings (SSSR count). The van der Waals surface area contributed by atoms with E-state index in [1.54, 1.807) is 4.57 Å². The Morgan fingerprint density at radius 1 is 1.44 bits per heavy atom. The molecular formula is C12H14ClN3O2. The van der Waals surface area contributed by atoms with Gasteiger partial charge in [0.15, 0.2) is 0 Å². The number of rotatable bonds is 3. The highest BCUT2D eigenvalue weighted by atomic mass is 35.5. The number of hydrogen-bond acceptors (Lipinski definition) is 4. The Morgan fingerprint density at radius 3 is 2.72 bits per heavy atom. The molecule has 2 aromatic heterocycles. The normalized spacial score (nSPS) is 10.9. The molecule has 2 heterocycles.